The first-order chi connectivity index (χ1) is 8.20. The minimum atomic E-state index is -0.565. The molecule has 1 saturated heterocycles. The van der Waals surface area contributed by atoms with Crippen LogP contribution in [0.15, 0.2) is 5.16 Å². The highest BCUT2D eigenvalue weighted by atomic mass is 16.6. The number of oxime groups is 1. The van der Waals surface area contributed by atoms with Gasteiger partial charge in [0.25, 0.3) is 5.91 Å². The largest absolute Gasteiger partial charge is 0.382 e. The number of piperidine rings is 1. The van der Waals surface area contributed by atoms with Crippen LogP contribution in [-0.4, -0.2) is 48.5 Å². The molecule has 6 heteroatoms. The van der Waals surface area contributed by atoms with Crippen molar-refractivity contribution in [2.45, 2.75) is 25.4 Å². The molecule has 0 aromatic heterocycles. The van der Waals surface area contributed by atoms with Gasteiger partial charge in [-0.15, -0.1) is 0 Å². The molecule has 3 N–H and O–H groups in total. The lowest BCUT2D eigenvalue weighted by Gasteiger charge is -2.30. The topological polar surface area (TPSA) is 91.8 Å². The van der Waals surface area contributed by atoms with Crippen molar-refractivity contribution in [1.82, 2.24) is 4.90 Å². The molecular weight excluding hydrogens is 220 g/mol. The van der Waals surface area contributed by atoms with E-state index in [1.807, 2.05) is 0 Å². The molecule has 1 atom stereocenters. The van der Waals surface area contributed by atoms with E-state index in [4.69, 9.17) is 16.0 Å². The maximum absolute atomic E-state index is 11.0. The normalized spacial score (nSPS) is 26.4. The second-order valence-corrected chi connectivity index (χ2v) is 4.56. The van der Waals surface area contributed by atoms with Crippen molar-refractivity contribution in [2.24, 2.45) is 16.8 Å². The molecule has 2 aliphatic heterocycles. The van der Waals surface area contributed by atoms with Crippen molar-refractivity contribution in [3.8, 4) is 0 Å². The van der Waals surface area contributed by atoms with Crippen LogP contribution in [0, 0.1) is 11.3 Å². The molecule has 0 aromatic carbocycles. The fraction of sp³-hybridized carbons (Fsp3) is 0.727. The van der Waals surface area contributed by atoms with Crippen molar-refractivity contribution in [3.63, 3.8) is 0 Å². The summed E-state index contributed by atoms with van der Waals surface area (Å²) in [7, 11) is 0. The van der Waals surface area contributed by atoms with Crippen LogP contribution in [-0.2, 0) is 9.63 Å². The Morgan fingerprint density at radius 2 is 2.29 bits per heavy atom. The summed E-state index contributed by atoms with van der Waals surface area (Å²) >= 11 is 0. The van der Waals surface area contributed by atoms with Gasteiger partial charge in [0.15, 0.2) is 0 Å². The molecule has 0 saturated carbocycles. The summed E-state index contributed by atoms with van der Waals surface area (Å²) in [6.07, 6.45) is 3.44. The SMILES string of the molecule is N=CCN1CCC(C2=NOC(C(N)=O)C2)CC1. The zero-order chi connectivity index (χ0) is 12.3. The summed E-state index contributed by atoms with van der Waals surface area (Å²) in [4.78, 5) is 18.2. The van der Waals surface area contributed by atoms with Crippen molar-refractivity contribution in [2.75, 3.05) is 19.6 Å². The van der Waals surface area contributed by atoms with E-state index in [2.05, 4.69) is 10.1 Å². The number of rotatable bonds is 4. The minimum Gasteiger partial charge on any atom is -0.382 e. The van der Waals surface area contributed by atoms with E-state index in [9.17, 15) is 4.79 Å². The molecule has 1 fully saturated rings. The molecule has 0 bridgehead atoms. The smallest absolute Gasteiger partial charge is 0.261 e. The van der Waals surface area contributed by atoms with Crippen molar-refractivity contribution < 1.29 is 9.63 Å². The molecule has 6 nitrogen and oxygen atoms in total. The summed E-state index contributed by atoms with van der Waals surface area (Å²) in [5, 5.41) is 11.1. The maximum atomic E-state index is 11.0. The summed E-state index contributed by atoms with van der Waals surface area (Å²) in [6.45, 7) is 2.67. The highest BCUT2D eigenvalue weighted by molar-refractivity contribution is 5.93. The molecule has 2 aliphatic rings. The zero-order valence-electron chi connectivity index (χ0n) is 9.76. The van der Waals surface area contributed by atoms with Crippen LogP contribution in [0.3, 0.4) is 0 Å². The number of likely N-dealkylation sites (tertiary alicyclic amines) is 1. The lowest BCUT2D eigenvalue weighted by molar-refractivity contribution is -0.127. The number of carbonyl (C=O) groups excluding carboxylic acids is 1. The van der Waals surface area contributed by atoms with Gasteiger partial charge in [0, 0.05) is 25.1 Å². The van der Waals surface area contributed by atoms with Crippen molar-refractivity contribution in [3.05, 3.63) is 0 Å². The Balaban J connectivity index is 1.82. The Morgan fingerprint density at radius 1 is 1.59 bits per heavy atom. The Hall–Kier alpha value is -1.43. The summed E-state index contributed by atoms with van der Waals surface area (Å²) in [6, 6.07) is 0. The molecule has 2 heterocycles. The van der Waals surface area contributed by atoms with Gasteiger partial charge < -0.3 is 16.0 Å². The van der Waals surface area contributed by atoms with E-state index in [-0.39, 0.29) is 0 Å². The highest BCUT2D eigenvalue weighted by Gasteiger charge is 2.32. The van der Waals surface area contributed by atoms with Gasteiger partial charge in [-0.2, -0.15) is 0 Å². The van der Waals surface area contributed by atoms with Gasteiger partial charge in [-0.05, 0) is 25.9 Å². The van der Waals surface area contributed by atoms with E-state index < -0.39 is 12.0 Å². The second kappa shape index (κ2) is 5.27. The first kappa shape index (κ1) is 12.0. The molecule has 2 rings (SSSR count). The Morgan fingerprint density at radius 3 is 2.82 bits per heavy atom. The molecule has 17 heavy (non-hydrogen) atoms. The predicted molar refractivity (Wildman–Crippen MR) is 64.1 cm³/mol. The minimum absolute atomic E-state index is 0.404. The summed E-state index contributed by atoms with van der Waals surface area (Å²) in [5.74, 6) is -0.0358. The monoisotopic (exact) mass is 238 g/mol. The third kappa shape index (κ3) is 2.82. The Bertz CT molecular complexity index is 334. The van der Waals surface area contributed by atoms with Gasteiger partial charge in [-0.1, -0.05) is 5.16 Å². The van der Waals surface area contributed by atoms with Gasteiger partial charge in [0.05, 0.1) is 5.71 Å². The van der Waals surface area contributed by atoms with Crippen LogP contribution in [0.25, 0.3) is 0 Å². The summed E-state index contributed by atoms with van der Waals surface area (Å²) in [5.41, 5.74) is 6.16. The third-order valence-electron chi connectivity index (χ3n) is 3.42. The van der Waals surface area contributed by atoms with Gasteiger partial charge in [0.1, 0.15) is 0 Å². The van der Waals surface area contributed by atoms with Gasteiger partial charge in [0.2, 0.25) is 6.10 Å². The van der Waals surface area contributed by atoms with Crippen molar-refractivity contribution >= 4 is 17.8 Å². The van der Waals surface area contributed by atoms with Crippen LogP contribution in [0.5, 0.6) is 0 Å². The number of amides is 1. The Labute approximate surface area is 100 Å². The van der Waals surface area contributed by atoms with Crippen LogP contribution in [0.1, 0.15) is 19.3 Å². The standard InChI is InChI=1S/C11H18N4O2/c12-3-6-15-4-1-8(2-5-15)9-7-10(11(13)16)17-14-9/h3,8,10,12H,1-2,4-7H2,(H2,13,16). The number of nitrogens with two attached hydrogens (primary N) is 1. The molecule has 0 spiro atoms. The second-order valence-electron chi connectivity index (χ2n) is 4.56. The van der Waals surface area contributed by atoms with E-state index >= 15 is 0 Å². The molecule has 0 radical (unpaired) electrons. The number of primary amides is 1. The molecule has 1 amide bonds. The number of hydrogen-bond donors (Lipinski definition) is 2. The van der Waals surface area contributed by atoms with Gasteiger partial charge in [-0.3, -0.25) is 9.69 Å². The lowest BCUT2D eigenvalue weighted by atomic mass is 9.89. The van der Waals surface area contributed by atoms with Crippen LogP contribution >= 0.6 is 0 Å². The highest BCUT2D eigenvalue weighted by Crippen LogP contribution is 2.24. The van der Waals surface area contributed by atoms with Crippen molar-refractivity contribution in [1.29, 1.82) is 5.41 Å². The van der Waals surface area contributed by atoms with Crippen LogP contribution in [0.4, 0.5) is 0 Å². The number of hydrogen-bond acceptors (Lipinski definition) is 5. The molecule has 1 unspecified atom stereocenters. The Kier molecular flexibility index (Phi) is 3.73. The molecule has 0 aliphatic carbocycles. The van der Waals surface area contributed by atoms with Crippen LogP contribution < -0.4 is 5.73 Å². The average Bonchev–Trinajstić information content (AvgIpc) is 2.80. The predicted octanol–water partition coefficient (Wildman–Crippen LogP) is -0.0218. The van der Waals surface area contributed by atoms with Crippen LogP contribution in [0.2, 0.25) is 0 Å². The van der Waals surface area contributed by atoms with E-state index in [1.54, 1.807) is 0 Å². The average molecular weight is 238 g/mol. The van der Waals surface area contributed by atoms with Gasteiger partial charge >= 0.3 is 0 Å². The molecular formula is C11H18N4O2. The fourth-order valence-electron chi connectivity index (χ4n) is 2.37. The number of carbonyl (C=O) groups is 1. The first-order valence-corrected chi connectivity index (χ1v) is 5.94. The maximum Gasteiger partial charge on any atom is 0.261 e. The van der Waals surface area contributed by atoms with E-state index in [0.29, 0.717) is 12.3 Å². The van der Waals surface area contributed by atoms with E-state index in [1.165, 1.54) is 6.21 Å². The molecule has 0 aromatic rings. The van der Waals surface area contributed by atoms with E-state index in [0.717, 1.165) is 38.2 Å². The fourth-order valence-corrected chi connectivity index (χ4v) is 2.37. The summed E-state index contributed by atoms with van der Waals surface area (Å²) < 4.78 is 0. The quantitative estimate of drug-likeness (QED) is 0.674. The van der Waals surface area contributed by atoms with Gasteiger partial charge in [-0.25, -0.2) is 0 Å². The third-order valence-corrected chi connectivity index (χ3v) is 3.42. The zero-order valence-corrected chi connectivity index (χ0v) is 9.76. The first-order valence-electron chi connectivity index (χ1n) is 5.94. The molecule has 94 valence electrons. The number of nitrogens with zero attached hydrogens (tertiary/aromatic N) is 2. The number of nitrogens with one attached hydrogen (secondary N) is 1. The lowest BCUT2D eigenvalue weighted by Crippen LogP contribution is -2.37.